The Labute approximate surface area is 222 Å². The molecule has 10 heteroatoms. The third kappa shape index (κ3) is 7.68. The van der Waals surface area contributed by atoms with Crippen molar-refractivity contribution in [3.8, 4) is 5.75 Å². The SMILES string of the molecule is NCCCCC(N)C(=O)OCCOCCN1CCN(C2=Nc3ccc(O)cc3Sc3ccccc32)CC1. The zero-order chi connectivity index (χ0) is 26.0. The minimum Gasteiger partial charge on any atom is -0.508 e. The maximum absolute atomic E-state index is 11.9. The topological polar surface area (TPSA) is 127 Å². The van der Waals surface area contributed by atoms with Crippen LogP contribution < -0.4 is 11.5 Å². The van der Waals surface area contributed by atoms with Gasteiger partial charge in [0.2, 0.25) is 0 Å². The second-order valence-electron chi connectivity index (χ2n) is 9.19. The molecule has 200 valence electrons. The van der Waals surface area contributed by atoms with Crippen LogP contribution in [0.3, 0.4) is 0 Å². The molecule has 1 saturated heterocycles. The minimum absolute atomic E-state index is 0.216. The molecular weight excluding hydrogens is 490 g/mol. The minimum atomic E-state index is -0.591. The van der Waals surface area contributed by atoms with Crippen LogP contribution in [0, 0.1) is 0 Å². The van der Waals surface area contributed by atoms with E-state index in [1.807, 2.05) is 18.2 Å². The molecule has 2 aromatic rings. The lowest BCUT2D eigenvalue weighted by Crippen LogP contribution is -2.49. The molecule has 0 bridgehead atoms. The van der Waals surface area contributed by atoms with Gasteiger partial charge in [0.1, 0.15) is 24.2 Å². The quantitative estimate of drug-likeness (QED) is 0.298. The number of piperazine rings is 1. The Morgan fingerprint density at radius 2 is 1.86 bits per heavy atom. The molecule has 2 aromatic carbocycles. The summed E-state index contributed by atoms with van der Waals surface area (Å²) in [5.74, 6) is 0.849. The highest BCUT2D eigenvalue weighted by atomic mass is 32.2. The van der Waals surface area contributed by atoms with Gasteiger partial charge in [-0.15, -0.1) is 0 Å². The number of phenolic OH excluding ortho intramolecular Hbond substituents is 1. The van der Waals surface area contributed by atoms with Crippen LogP contribution in [0.4, 0.5) is 5.69 Å². The Morgan fingerprint density at radius 1 is 1.05 bits per heavy atom. The molecule has 2 aliphatic rings. The summed E-state index contributed by atoms with van der Waals surface area (Å²) in [7, 11) is 0. The Balaban J connectivity index is 1.21. The van der Waals surface area contributed by atoms with E-state index >= 15 is 0 Å². The molecule has 0 radical (unpaired) electrons. The Bertz CT molecular complexity index is 1070. The van der Waals surface area contributed by atoms with Crippen molar-refractivity contribution < 1.29 is 19.4 Å². The van der Waals surface area contributed by atoms with Gasteiger partial charge >= 0.3 is 5.97 Å². The number of rotatable bonds is 11. The molecule has 2 aliphatic heterocycles. The number of phenols is 1. The van der Waals surface area contributed by atoms with Gasteiger partial charge in [-0.05, 0) is 43.7 Å². The summed E-state index contributed by atoms with van der Waals surface area (Å²) < 4.78 is 10.9. The van der Waals surface area contributed by atoms with E-state index in [4.69, 9.17) is 25.9 Å². The van der Waals surface area contributed by atoms with Crippen LogP contribution in [0.5, 0.6) is 5.75 Å². The summed E-state index contributed by atoms with van der Waals surface area (Å²) in [6.07, 6.45) is 2.28. The zero-order valence-corrected chi connectivity index (χ0v) is 22.0. The molecule has 9 nitrogen and oxygen atoms in total. The molecular formula is C27H37N5O4S. The number of fused-ring (bicyclic) bond motifs is 2. The first-order chi connectivity index (χ1) is 18.0. The van der Waals surface area contributed by atoms with Crippen LogP contribution in [0.1, 0.15) is 24.8 Å². The number of amidine groups is 1. The van der Waals surface area contributed by atoms with Crippen molar-refractivity contribution in [3.63, 3.8) is 0 Å². The Morgan fingerprint density at radius 3 is 2.68 bits per heavy atom. The molecule has 0 amide bonds. The van der Waals surface area contributed by atoms with Gasteiger partial charge in [-0.25, -0.2) is 4.99 Å². The number of carbonyl (C=O) groups excluding carboxylic acids is 1. The number of aliphatic imine (C=N–C) groups is 1. The lowest BCUT2D eigenvalue weighted by atomic mass is 10.1. The average Bonchev–Trinajstić information content (AvgIpc) is 3.07. The third-order valence-electron chi connectivity index (χ3n) is 6.49. The number of esters is 1. The highest BCUT2D eigenvalue weighted by Gasteiger charge is 2.25. The second-order valence-corrected chi connectivity index (χ2v) is 10.3. The molecule has 1 unspecified atom stereocenters. The third-order valence-corrected chi connectivity index (χ3v) is 7.61. The molecule has 0 saturated carbocycles. The number of carbonyl (C=O) groups is 1. The van der Waals surface area contributed by atoms with E-state index in [-0.39, 0.29) is 18.3 Å². The first kappa shape index (κ1) is 27.4. The van der Waals surface area contributed by atoms with Gasteiger partial charge in [-0.2, -0.15) is 0 Å². The molecule has 0 aliphatic carbocycles. The normalized spacial score (nSPS) is 16.4. The van der Waals surface area contributed by atoms with E-state index in [0.29, 0.717) is 26.2 Å². The van der Waals surface area contributed by atoms with Gasteiger partial charge in [-0.1, -0.05) is 36.4 Å². The van der Waals surface area contributed by atoms with Crippen molar-refractivity contribution in [2.75, 3.05) is 59.1 Å². The summed E-state index contributed by atoms with van der Waals surface area (Å²) in [6, 6.07) is 13.1. The average molecular weight is 528 g/mol. The zero-order valence-electron chi connectivity index (χ0n) is 21.2. The fourth-order valence-electron chi connectivity index (χ4n) is 4.36. The largest absolute Gasteiger partial charge is 0.508 e. The summed E-state index contributed by atoms with van der Waals surface area (Å²) in [4.78, 5) is 23.7. The maximum atomic E-state index is 11.9. The standard InChI is InChI=1S/C27H37N5O4S/c28-10-4-3-6-22(29)27(34)36-18-17-35-16-15-31-11-13-32(14-12-31)26-21-5-1-2-7-24(21)37-25-19-20(33)8-9-23(25)30-26/h1-2,5,7-9,19,22,33H,3-4,6,10-18,28-29H2. The van der Waals surface area contributed by atoms with Gasteiger partial charge in [-0.3, -0.25) is 9.69 Å². The van der Waals surface area contributed by atoms with Gasteiger partial charge in [0, 0.05) is 48.1 Å². The number of aromatic hydroxyl groups is 1. The summed E-state index contributed by atoms with van der Waals surface area (Å²) in [5.41, 5.74) is 13.3. The van der Waals surface area contributed by atoms with Crippen LogP contribution >= 0.6 is 11.8 Å². The Hall–Kier alpha value is -2.63. The van der Waals surface area contributed by atoms with Gasteiger partial charge in [0.05, 0.1) is 18.9 Å². The van der Waals surface area contributed by atoms with Crippen molar-refractivity contribution in [1.29, 1.82) is 0 Å². The first-order valence-corrected chi connectivity index (χ1v) is 13.7. The van der Waals surface area contributed by atoms with Gasteiger partial charge in [0.25, 0.3) is 0 Å². The Kier molecular flexibility index (Phi) is 10.2. The van der Waals surface area contributed by atoms with Crippen LogP contribution in [0.15, 0.2) is 57.2 Å². The summed E-state index contributed by atoms with van der Waals surface area (Å²) >= 11 is 1.64. The summed E-state index contributed by atoms with van der Waals surface area (Å²) in [6.45, 7) is 6.14. The highest BCUT2D eigenvalue weighted by molar-refractivity contribution is 7.99. The number of unbranched alkanes of at least 4 members (excludes halogenated alkanes) is 1. The summed E-state index contributed by atoms with van der Waals surface area (Å²) in [5, 5.41) is 9.95. The second kappa shape index (κ2) is 13.8. The first-order valence-electron chi connectivity index (χ1n) is 12.9. The van der Waals surface area contributed by atoms with E-state index in [1.165, 1.54) is 0 Å². The molecule has 5 N–H and O–H groups in total. The van der Waals surface area contributed by atoms with Crippen molar-refractivity contribution in [3.05, 3.63) is 48.0 Å². The van der Waals surface area contributed by atoms with Crippen molar-refractivity contribution in [1.82, 2.24) is 9.80 Å². The van der Waals surface area contributed by atoms with E-state index in [9.17, 15) is 9.90 Å². The molecule has 4 rings (SSSR count). The molecule has 2 heterocycles. The predicted molar refractivity (Wildman–Crippen MR) is 146 cm³/mol. The predicted octanol–water partition coefficient (Wildman–Crippen LogP) is 2.57. The molecule has 0 aromatic heterocycles. The monoisotopic (exact) mass is 527 g/mol. The number of ether oxygens (including phenoxy) is 2. The number of nitrogens with two attached hydrogens (primary N) is 2. The molecule has 1 atom stereocenters. The van der Waals surface area contributed by atoms with E-state index in [2.05, 4.69) is 21.9 Å². The van der Waals surface area contributed by atoms with E-state index < -0.39 is 6.04 Å². The number of hydrogen-bond acceptors (Lipinski definition) is 10. The number of benzene rings is 2. The molecule has 1 fully saturated rings. The van der Waals surface area contributed by atoms with Crippen LogP contribution in [-0.2, 0) is 14.3 Å². The van der Waals surface area contributed by atoms with Gasteiger partial charge < -0.3 is 30.9 Å². The smallest absolute Gasteiger partial charge is 0.322 e. The van der Waals surface area contributed by atoms with Crippen LogP contribution in [-0.4, -0.2) is 91.8 Å². The number of nitrogens with zero attached hydrogens (tertiary/aromatic N) is 3. The fraction of sp³-hybridized carbons (Fsp3) is 0.481. The lowest BCUT2D eigenvalue weighted by molar-refractivity contribution is -0.147. The van der Waals surface area contributed by atoms with Crippen LogP contribution in [0.2, 0.25) is 0 Å². The number of hydrogen-bond donors (Lipinski definition) is 3. The molecule has 37 heavy (non-hydrogen) atoms. The van der Waals surface area contributed by atoms with Crippen molar-refractivity contribution in [2.24, 2.45) is 16.5 Å². The van der Waals surface area contributed by atoms with Gasteiger partial charge in [0.15, 0.2) is 0 Å². The van der Waals surface area contributed by atoms with E-state index in [0.717, 1.165) is 72.4 Å². The van der Waals surface area contributed by atoms with Crippen molar-refractivity contribution >= 4 is 29.3 Å². The van der Waals surface area contributed by atoms with Crippen LogP contribution in [0.25, 0.3) is 0 Å². The van der Waals surface area contributed by atoms with E-state index in [1.54, 1.807) is 23.9 Å². The highest BCUT2D eigenvalue weighted by Crippen LogP contribution is 2.42. The fourth-order valence-corrected chi connectivity index (χ4v) is 5.42. The molecule has 0 spiro atoms. The van der Waals surface area contributed by atoms with Crippen molar-refractivity contribution in [2.45, 2.75) is 35.1 Å². The lowest BCUT2D eigenvalue weighted by Gasteiger charge is -2.36. The maximum Gasteiger partial charge on any atom is 0.322 e.